The van der Waals surface area contributed by atoms with E-state index in [-0.39, 0.29) is 28.5 Å². The third-order valence-corrected chi connectivity index (χ3v) is 8.92. The molecule has 0 spiro atoms. The zero-order valence-electron chi connectivity index (χ0n) is 16.6. The van der Waals surface area contributed by atoms with E-state index in [0.29, 0.717) is 30.2 Å². The second-order valence-electron chi connectivity index (χ2n) is 9.02. The lowest BCUT2D eigenvalue weighted by atomic mass is 9.80. The van der Waals surface area contributed by atoms with Crippen LogP contribution >= 0.6 is 11.6 Å². The van der Waals surface area contributed by atoms with Gasteiger partial charge in [0, 0.05) is 43.3 Å². The predicted octanol–water partition coefficient (Wildman–Crippen LogP) is 2.72. The van der Waals surface area contributed by atoms with Gasteiger partial charge in [-0.05, 0) is 73.6 Å². The molecule has 162 valence electrons. The van der Waals surface area contributed by atoms with Crippen LogP contribution in [0.4, 0.5) is 5.69 Å². The van der Waals surface area contributed by atoms with Gasteiger partial charge in [-0.1, -0.05) is 11.6 Å². The van der Waals surface area contributed by atoms with Crippen molar-refractivity contribution in [3.05, 3.63) is 41.7 Å². The molecule has 4 atom stereocenters. The third-order valence-electron chi connectivity index (χ3n) is 6.94. The first kappa shape index (κ1) is 20.3. The smallest absolute Gasteiger partial charge is 0.242 e. The van der Waals surface area contributed by atoms with Crippen LogP contribution in [0.5, 0.6) is 0 Å². The van der Waals surface area contributed by atoms with Crippen molar-refractivity contribution in [3.63, 3.8) is 0 Å². The van der Waals surface area contributed by atoms with Gasteiger partial charge in [0.2, 0.25) is 10.0 Å². The quantitative estimate of drug-likeness (QED) is 0.574. The van der Waals surface area contributed by atoms with Gasteiger partial charge in [0.1, 0.15) is 4.90 Å². The van der Waals surface area contributed by atoms with Crippen molar-refractivity contribution in [1.29, 1.82) is 0 Å². The largest absolute Gasteiger partial charge is 0.396 e. The van der Waals surface area contributed by atoms with Crippen LogP contribution in [-0.2, 0) is 16.6 Å². The van der Waals surface area contributed by atoms with Gasteiger partial charge in [0.25, 0.3) is 0 Å². The number of halogens is 1. The first-order valence-electron chi connectivity index (χ1n) is 10.6. The Morgan fingerprint density at radius 2 is 2.03 bits per heavy atom. The maximum absolute atomic E-state index is 12.9. The summed E-state index contributed by atoms with van der Waals surface area (Å²) in [7, 11) is -3.69. The number of nitrogens with one attached hydrogen (secondary N) is 2. The second-order valence-corrected chi connectivity index (χ2v) is 11.1. The van der Waals surface area contributed by atoms with Crippen LogP contribution < -0.4 is 10.0 Å². The van der Waals surface area contributed by atoms with Gasteiger partial charge in [-0.2, -0.15) is 5.10 Å². The van der Waals surface area contributed by atoms with Crippen molar-refractivity contribution in [2.45, 2.75) is 49.2 Å². The number of nitrogens with zero attached hydrogens (tertiary/aromatic N) is 2. The summed E-state index contributed by atoms with van der Waals surface area (Å²) in [5.74, 6) is 1.63. The number of rotatable bonds is 8. The van der Waals surface area contributed by atoms with Crippen molar-refractivity contribution >= 4 is 27.3 Å². The third kappa shape index (κ3) is 3.98. The molecule has 7 nitrogen and oxygen atoms in total. The number of aliphatic hydroxyl groups is 1. The Bertz CT molecular complexity index is 1010. The van der Waals surface area contributed by atoms with Crippen LogP contribution in [0.25, 0.3) is 0 Å². The zero-order chi connectivity index (χ0) is 20.9. The molecule has 1 heterocycles. The lowest BCUT2D eigenvalue weighted by Crippen LogP contribution is -2.37. The number of sulfonamides is 1. The second kappa shape index (κ2) is 7.82. The summed E-state index contributed by atoms with van der Waals surface area (Å²) in [6.07, 6.45) is 7.57. The first-order chi connectivity index (χ1) is 14.4. The summed E-state index contributed by atoms with van der Waals surface area (Å²) >= 11 is 6.36. The first-order valence-corrected chi connectivity index (χ1v) is 12.5. The van der Waals surface area contributed by atoms with Crippen LogP contribution in [0.3, 0.4) is 0 Å². The van der Waals surface area contributed by atoms with E-state index < -0.39 is 10.0 Å². The number of anilines is 1. The number of hydrogen-bond acceptors (Lipinski definition) is 5. The fraction of sp³-hybridized carbons (Fsp3) is 0.571. The number of fused-ring (bicyclic) bond motifs is 1. The van der Waals surface area contributed by atoms with E-state index >= 15 is 0 Å². The van der Waals surface area contributed by atoms with Crippen molar-refractivity contribution in [2.24, 2.45) is 23.7 Å². The Hall–Kier alpha value is -1.61. The highest BCUT2D eigenvalue weighted by atomic mass is 35.5. The van der Waals surface area contributed by atoms with Crippen LogP contribution in [-0.4, -0.2) is 42.0 Å². The maximum atomic E-state index is 12.9. The minimum absolute atomic E-state index is 0.104. The van der Waals surface area contributed by atoms with E-state index in [1.54, 1.807) is 24.4 Å². The number of hydrogen-bond donors (Lipinski definition) is 3. The molecule has 5 rings (SSSR count). The van der Waals surface area contributed by atoms with Gasteiger partial charge in [-0.25, -0.2) is 13.1 Å². The fourth-order valence-electron chi connectivity index (χ4n) is 5.24. The molecule has 3 saturated carbocycles. The predicted molar refractivity (Wildman–Crippen MR) is 115 cm³/mol. The molecule has 3 fully saturated rings. The van der Waals surface area contributed by atoms with Gasteiger partial charge in [-0.3, -0.25) is 4.68 Å². The van der Waals surface area contributed by atoms with Gasteiger partial charge < -0.3 is 10.4 Å². The highest BCUT2D eigenvalue weighted by Crippen LogP contribution is 2.55. The van der Waals surface area contributed by atoms with Crippen molar-refractivity contribution in [1.82, 2.24) is 14.5 Å². The van der Waals surface area contributed by atoms with Gasteiger partial charge in [0.15, 0.2) is 0 Å². The summed E-state index contributed by atoms with van der Waals surface area (Å²) in [5.41, 5.74) is 0.838. The van der Waals surface area contributed by atoms with Crippen molar-refractivity contribution < 1.29 is 13.5 Å². The molecule has 0 amide bonds. The molecule has 9 heteroatoms. The molecule has 0 bridgehead atoms. The molecule has 1 aromatic carbocycles. The zero-order valence-corrected chi connectivity index (χ0v) is 18.2. The van der Waals surface area contributed by atoms with Crippen molar-refractivity contribution in [2.75, 3.05) is 11.9 Å². The summed E-state index contributed by atoms with van der Waals surface area (Å²) in [4.78, 5) is 0.115. The molecular weight excluding hydrogens is 424 g/mol. The van der Waals surface area contributed by atoms with E-state index in [1.807, 2.05) is 16.9 Å². The van der Waals surface area contributed by atoms with Gasteiger partial charge in [0.05, 0.1) is 5.02 Å². The monoisotopic (exact) mass is 450 g/mol. The average molecular weight is 451 g/mol. The molecule has 3 aliphatic rings. The summed E-state index contributed by atoms with van der Waals surface area (Å²) in [5, 5.41) is 17.4. The molecule has 30 heavy (non-hydrogen) atoms. The Balaban J connectivity index is 1.18. The SMILES string of the molecule is O=S(=O)(N[C@H]1C[C@@H](CO)[C@@H]2C[C@@H]21)c1ccc(NC2CC(Cn3cccn3)C2)cc1Cl. The van der Waals surface area contributed by atoms with Gasteiger partial charge in [-0.15, -0.1) is 0 Å². The van der Waals surface area contributed by atoms with E-state index in [0.717, 1.165) is 31.5 Å². The number of aliphatic hydroxyl groups excluding tert-OH is 1. The minimum atomic E-state index is -3.69. The summed E-state index contributed by atoms with van der Waals surface area (Å²) < 4.78 is 30.5. The van der Waals surface area contributed by atoms with Crippen molar-refractivity contribution in [3.8, 4) is 0 Å². The van der Waals surface area contributed by atoms with Crippen LogP contribution in [0, 0.1) is 23.7 Å². The van der Waals surface area contributed by atoms with E-state index in [1.165, 1.54) is 0 Å². The number of benzene rings is 1. The molecule has 2 aromatic rings. The van der Waals surface area contributed by atoms with Gasteiger partial charge >= 0.3 is 0 Å². The average Bonchev–Trinajstić information content (AvgIpc) is 3.15. The minimum Gasteiger partial charge on any atom is -0.396 e. The Morgan fingerprint density at radius 1 is 1.20 bits per heavy atom. The molecule has 1 aromatic heterocycles. The van der Waals surface area contributed by atoms with E-state index in [2.05, 4.69) is 15.1 Å². The lowest BCUT2D eigenvalue weighted by molar-refractivity contribution is 0.212. The topological polar surface area (TPSA) is 96.3 Å². The lowest BCUT2D eigenvalue weighted by Gasteiger charge is -2.36. The maximum Gasteiger partial charge on any atom is 0.242 e. The number of aromatic nitrogens is 2. The molecule has 0 saturated heterocycles. The van der Waals surface area contributed by atoms with Crippen LogP contribution in [0.1, 0.15) is 25.7 Å². The molecule has 3 N–H and O–H groups in total. The van der Waals surface area contributed by atoms with E-state index in [9.17, 15) is 13.5 Å². The molecule has 0 aliphatic heterocycles. The Labute approximate surface area is 181 Å². The molecule has 3 aliphatic carbocycles. The summed E-state index contributed by atoms with van der Waals surface area (Å²) in [6, 6.07) is 7.25. The van der Waals surface area contributed by atoms with Crippen LogP contribution in [0.2, 0.25) is 5.02 Å². The fourth-order valence-corrected chi connectivity index (χ4v) is 7.09. The molecular formula is C21H27ClN4O3S. The normalized spacial score (nSPS) is 32.5. The Kier molecular flexibility index (Phi) is 5.29. The molecule has 0 unspecified atom stereocenters. The standard InChI is InChI=1S/C21H27ClN4O3S/c22-19-9-15(24-16-6-13(7-16)11-26-5-1-4-23-26)2-3-21(19)30(28,29)25-20-8-14(12-27)17-10-18(17)20/h1-5,9,13-14,16-18,20,24-25,27H,6-8,10-12H2/t13?,14-,16?,17-,18-,20-/m0/s1. The highest BCUT2D eigenvalue weighted by molar-refractivity contribution is 7.89. The van der Waals surface area contributed by atoms with E-state index in [4.69, 9.17) is 11.6 Å². The molecule has 0 radical (unpaired) electrons. The Morgan fingerprint density at radius 3 is 2.70 bits per heavy atom. The highest BCUT2D eigenvalue weighted by Gasteiger charge is 2.54. The van der Waals surface area contributed by atoms with Crippen LogP contribution in [0.15, 0.2) is 41.6 Å². The summed E-state index contributed by atoms with van der Waals surface area (Å²) in [6.45, 7) is 1.05.